The van der Waals surface area contributed by atoms with E-state index in [9.17, 15) is 0 Å². The molecule has 0 spiro atoms. The van der Waals surface area contributed by atoms with Crippen molar-refractivity contribution in [3.8, 4) is 0 Å². The zero-order chi connectivity index (χ0) is 34.2. The van der Waals surface area contributed by atoms with Crippen LogP contribution >= 0.6 is 16.1 Å². The molecule has 0 aromatic heterocycles. The van der Waals surface area contributed by atoms with Gasteiger partial charge in [0.05, 0.1) is 5.40 Å². The molecule has 0 bridgehead atoms. The quantitative estimate of drug-likeness (QED) is 0.294. The second-order valence-corrected chi connectivity index (χ2v) is 24.6. The van der Waals surface area contributed by atoms with Gasteiger partial charge in [-0.2, -0.15) is 0 Å². The predicted molar refractivity (Wildman–Crippen MR) is 206 cm³/mol. The molecule has 2 heteroatoms. The van der Waals surface area contributed by atoms with Crippen LogP contribution in [-0.4, -0.2) is 10.7 Å². The van der Waals surface area contributed by atoms with Crippen LogP contribution < -0.4 is 0 Å². The van der Waals surface area contributed by atoms with E-state index in [0.717, 1.165) is 0 Å². The number of rotatable bonds is 4. The van der Waals surface area contributed by atoms with E-state index in [0.29, 0.717) is 11.1 Å². The molecule has 0 saturated heterocycles. The lowest BCUT2D eigenvalue weighted by atomic mass is 9.72. The molecule has 246 valence electrons. The maximum absolute atomic E-state index is 2.60. The maximum Gasteiger partial charge on any atom is 0.0517 e. The van der Waals surface area contributed by atoms with Gasteiger partial charge in [0, 0.05) is 5.03 Å². The minimum atomic E-state index is -0.363. The molecular weight excluding hydrogens is 566 g/mol. The van der Waals surface area contributed by atoms with Gasteiger partial charge in [-0.3, -0.25) is 0 Å². The Bertz CT molecular complexity index is 1320. The fourth-order valence-electron chi connectivity index (χ4n) is 6.45. The summed E-state index contributed by atoms with van der Waals surface area (Å²) in [6.45, 7) is 48.5. The molecule has 2 aromatic rings. The first-order chi connectivity index (χ1) is 19.5. The largest absolute Gasteiger partial charge is 0.0820 e. The molecule has 0 aliphatic carbocycles. The van der Waals surface area contributed by atoms with Crippen LogP contribution in [0.4, 0.5) is 0 Å². The van der Waals surface area contributed by atoms with E-state index in [4.69, 9.17) is 0 Å². The highest BCUT2D eigenvalue weighted by molar-refractivity contribution is 7.99. The van der Waals surface area contributed by atoms with Crippen molar-refractivity contribution in [2.45, 2.75) is 188 Å². The zero-order valence-electron chi connectivity index (χ0n) is 32.6. The Kier molecular flexibility index (Phi) is 10.2. The van der Waals surface area contributed by atoms with Crippen molar-refractivity contribution in [3.05, 3.63) is 68.8 Å². The molecule has 0 N–H and O–H groups in total. The average Bonchev–Trinajstić information content (AvgIpc) is 2.79. The van der Waals surface area contributed by atoms with Gasteiger partial charge in [0.25, 0.3) is 0 Å². The Hall–Kier alpha value is -0.960. The summed E-state index contributed by atoms with van der Waals surface area (Å²) in [5, 5.41) is 2.34. The molecule has 0 amide bonds. The number of hydrogen-bond acceptors (Lipinski definition) is 0. The summed E-state index contributed by atoms with van der Waals surface area (Å²) >= 11 is 0. The van der Waals surface area contributed by atoms with Crippen LogP contribution in [0, 0.1) is 0 Å². The van der Waals surface area contributed by atoms with E-state index in [1.54, 1.807) is 38.4 Å². The molecule has 0 fully saturated rings. The minimum absolute atomic E-state index is 0.0716. The Morgan fingerprint density at radius 3 is 1.14 bits per heavy atom. The van der Waals surface area contributed by atoms with Crippen LogP contribution in [0.1, 0.15) is 195 Å². The molecule has 44 heavy (non-hydrogen) atoms. The van der Waals surface area contributed by atoms with Gasteiger partial charge < -0.3 is 0 Å². The van der Waals surface area contributed by atoms with Gasteiger partial charge in [-0.25, -0.2) is 0 Å². The summed E-state index contributed by atoms with van der Waals surface area (Å²) < 4.78 is 0. The topological polar surface area (TPSA) is 0 Å². The molecule has 0 radical (unpaired) electrons. The van der Waals surface area contributed by atoms with E-state index in [1.165, 1.54) is 25.8 Å². The predicted octanol–water partition coefficient (Wildman–Crippen LogP) is 13.9. The molecule has 3 rings (SSSR count). The van der Waals surface area contributed by atoms with E-state index < -0.39 is 0 Å². The molecule has 0 nitrogen and oxygen atoms in total. The molecule has 1 heterocycles. The highest BCUT2D eigenvalue weighted by Crippen LogP contribution is 2.75. The van der Waals surface area contributed by atoms with Gasteiger partial charge in [0.1, 0.15) is 0 Å². The Balaban J connectivity index is 2.53. The van der Waals surface area contributed by atoms with Crippen LogP contribution in [0.25, 0.3) is 0 Å². The summed E-state index contributed by atoms with van der Waals surface area (Å²) in [7, 11) is 1.17. The first kappa shape index (κ1) is 37.5. The lowest BCUT2D eigenvalue weighted by Gasteiger charge is -2.47. The Morgan fingerprint density at radius 2 is 0.864 bits per heavy atom. The van der Waals surface area contributed by atoms with Gasteiger partial charge >= 0.3 is 0 Å². The third-order valence-electron chi connectivity index (χ3n) is 9.58. The SMILES string of the molecule is CCC(C)P1C(c2c(C(C)(C)C)cc(C(C)(C)C)cc2C(C)(C)C)=PC1c1c(C(C)(C)C)cc(C(C)(C)C)cc1C(C)(C)C. The fraction of sp³-hybridized carbons (Fsp3) is 0.690. The smallest absolute Gasteiger partial charge is 0.0517 e. The Labute approximate surface area is 277 Å². The highest BCUT2D eigenvalue weighted by atomic mass is 31.2. The van der Waals surface area contributed by atoms with Crippen LogP contribution in [-0.2, 0) is 32.5 Å². The normalized spacial score (nSPS) is 19.9. The number of benzene rings is 2. The monoisotopic (exact) mass is 634 g/mol. The van der Waals surface area contributed by atoms with Crippen molar-refractivity contribution in [2.24, 2.45) is 0 Å². The van der Waals surface area contributed by atoms with Gasteiger partial charge in [-0.15, -0.1) is 0 Å². The summed E-state index contributed by atoms with van der Waals surface area (Å²) in [5.41, 5.74) is 13.7. The molecule has 2 aromatic carbocycles. The van der Waals surface area contributed by atoms with Crippen molar-refractivity contribution in [1.82, 2.24) is 0 Å². The minimum Gasteiger partial charge on any atom is -0.0820 e. The average molecular weight is 635 g/mol. The van der Waals surface area contributed by atoms with Crippen molar-refractivity contribution in [2.75, 3.05) is 0 Å². The summed E-state index contributed by atoms with van der Waals surface area (Å²) in [5.74, 6) is 0. The molecule has 3 atom stereocenters. The van der Waals surface area contributed by atoms with Crippen molar-refractivity contribution in [3.63, 3.8) is 0 Å². The second kappa shape index (κ2) is 11.9. The van der Waals surface area contributed by atoms with Crippen LogP contribution in [0.5, 0.6) is 0 Å². The summed E-state index contributed by atoms with van der Waals surface area (Å²) in [4.78, 5) is 0. The van der Waals surface area contributed by atoms with Crippen molar-refractivity contribution < 1.29 is 0 Å². The molecule has 3 unspecified atom stereocenters. The van der Waals surface area contributed by atoms with Gasteiger partial charge in [-0.1, -0.05) is 179 Å². The summed E-state index contributed by atoms with van der Waals surface area (Å²) in [6, 6.07) is 10.4. The number of hydrogen-bond donors (Lipinski definition) is 0. The Morgan fingerprint density at radius 1 is 0.545 bits per heavy atom. The van der Waals surface area contributed by atoms with Gasteiger partial charge in [-0.05, 0) is 89.1 Å². The van der Waals surface area contributed by atoms with Crippen LogP contribution in [0.15, 0.2) is 24.3 Å². The first-order valence-electron chi connectivity index (χ1n) is 17.3. The van der Waals surface area contributed by atoms with E-state index in [-0.39, 0.29) is 40.4 Å². The van der Waals surface area contributed by atoms with E-state index in [2.05, 4.69) is 163 Å². The lowest BCUT2D eigenvalue weighted by Crippen LogP contribution is -2.31. The fourth-order valence-corrected chi connectivity index (χ4v) is 12.9. The van der Waals surface area contributed by atoms with Crippen molar-refractivity contribution in [1.29, 1.82) is 0 Å². The van der Waals surface area contributed by atoms with E-state index in [1.807, 2.05) is 0 Å². The van der Waals surface area contributed by atoms with Crippen LogP contribution in [0.3, 0.4) is 0 Å². The second-order valence-electron chi connectivity index (χ2n) is 19.9. The molecule has 1 aliphatic heterocycles. The molecule has 1 aliphatic rings. The third kappa shape index (κ3) is 7.60. The maximum atomic E-state index is 2.60. The highest BCUT2D eigenvalue weighted by Gasteiger charge is 2.45. The lowest BCUT2D eigenvalue weighted by molar-refractivity contribution is 0.541. The van der Waals surface area contributed by atoms with Crippen molar-refractivity contribution >= 4 is 21.2 Å². The third-order valence-corrected chi connectivity index (χ3v) is 15.5. The van der Waals surface area contributed by atoms with Gasteiger partial charge in [0.2, 0.25) is 0 Å². The summed E-state index contributed by atoms with van der Waals surface area (Å²) in [6.07, 6.45) is 1.23. The standard InChI is InChI=1S/C42H68P2/c1-21-26(2)44-35(33-29(39(9,10)11)22-27(37(3,4)5)23-30(33)40(12,13)14)43-36(44)34-31(41(15,16)17)24-28(38(6,7)8)25-32(34)42(18,19)20/h22-26,35H,21H2,1-20H3. The molecular formula is C42H68P2. The first-order valence-corrected chi connectivity index (χ1v) is 19.7. The van der Waals surface area contributed by atoms with Crippen LogP contribution in [0.2, 0.25) is 0 Å². The molecule has 0 saturated carbocycles. The van der Waals surface area contributed by atoms with E-state index >= 15 is 0 Å². The van der Waals surface area contributed by atoms with Gasteiger partial charge in [0.15, 0.2) is 0 Å². The zero-order valence-corrected chi connectivity index (χ0v) is 34.4.